The molecule has 2 heterocycles. The lowest BCUT2D eigenvalue weighted by Crippen LogP contribution is -2.26. The average Bonchev–Trinajstić information content (AvgIpc) is 3.20. The zero-order valence-electron chi connectivity index (χ0n) is 18.0. The Hall–Kier alpha value is -2.63. The van der Waals surface area contributed by atoms with E-state index in [9.17, 15) is 4.79 Å². The van der Waals surface area contributed by atoms with Crippen LogP contribution in [0.3, 0.4) is 0 Å². The molecule has 2 N–H and O–H groups in total. The maximum atomic E-state index is 13.0. The molecule has 0 aliphatic carbocycles. The highest BCUT2D eigenvalue weighted by Gasteiger charge is 2.30. The third-order valence-electron chi connectivity index (χ3n) is 5.44. The number of aromatic amines is 1. The number of carbonyl (C=O) groups is 1. The number of carbonyl (C=O) groups excluding carboxylic acids is 1. The van der Waals surface area contributed by atoms with E-state index in [0.717, 1.165) is 41.1 Å². The molecule has 3 rings (SSSR count). The molecule has 0 aliphatic rings. The summed E-state index contributed by atoms with van der Waals surface area (Å²) >= 11 is 0. The molecule has 0 fully saturated rings. The first kappa shape index (κ1) is 20.1. The molecule has 28 heavy (non-hydrogen) atoms. The van der Waals surface area contributed by atoms with Gasteiger partial charge >= 0.3 is 0 Å². The van der Waals surface area contributed by atoms with Crippen LogP contribution in [0.2, 0.25) is 0 Å². The number of H-pyrrole nitrogens is 1. The number of ketones is 1. The van der Waals surface area contributed by atoms with Crippen LogP contribution in [-0.2, 0) is 7.05 Å². The lowest BCUT2D eigenvalue weighted by atomic mass is 9.78. The fraction of sp³-hybridized carbons (Fsp3) is 0.500. The number of aromatic nitrogens is 4. The number of anilines is 1. The Labute approximate surface area is 166 Å². The number of fused-ring (bicyclic) bond motifs is 1. The highest BCUT2D eigenvalue weighted by atomic mass is 16.1. The number of Topliss-reactive ketones (excluding diaryl/α,β-unsaturated/α-hetero) is 1. The molecule has 0 saturated carbocycles. The lowest BCUT2D eigenvalue weighted by Gasteiger charge is -2.24. The molecule has 0 aliphatic heterocycles. The van der Waals surface area contributed by atoms with Gasteiger partial charge in [-0.3, -0.25) is 4.79 Å². The highest BCUT2D eigenvalue weighted by molar-refractivity contribution is 6.02. The van der Waals surface area contributed by atoms with Gasteiger partial charge in [-0.25, -0.2) is 9.97 Å². The van der Waals surface area contributed by atoms with Gasteiger partial charge in [0.15, 0.2) is 17.4 Å². The Morgan fingerprint density at radius 2 is 1.82 bits per heavy atom. The van der Waals surface area contributed by atoms with Crippen molar-refractivity contribution >= 4 is 22.6 Å². The van der Waals surface area contributed by atoms with Gasteiger partial charge in [-0.1, -0.05) is 20.8 Å². The summed E-state index contributed by atoms with van der Waals surface area (Å²) in [6, 6.07) is 5.70. The molecule has 0 amide bonds. The molecule has 0 spiro atoms. The van der Waals surface area contributed by atoms with Crippen LogP contribution in [0.4, 0.5) is 5.82 Å². The monoisotopic (exact) mass is 381 g/mol. The summed E-state index contributed by atoms with van der Waals surface area (Å²) in [4.78, 5) is 25.7. The van der Waals surface area contributed by atoms with Crippen molar-refractivity contribution in [2.75, 3.05) is 5.32 Å². The Morgan fingerprint density at radius 1 is 1.14 bits per heavy atom. The summed E-state index contributed by atoms with van der Waals surface area (Å²) in [5.41, 5.74) is 2.01. The first-order valence-corrected chi connectivity index (χ1v) is 9.93. The SMILES string of the molecule is CCC(C)(CC)C(=O)c1ccc2nc(-c3nc(NC(C)(C)C)cn3C)[nH]c2c1. The number of hydrogen-bond donors (Lipinski definition) is 2. The zero-order valence-corrected chi connectivity index (χ0v) is 18.0. The van der Waals surface area contributed by atoms with Crippen molar-refractivity contribution in [1.29, 1.82) is 0 Å². The molecule has 1 aromatic carbocycles. The van der Waals surface area contributed by atoms with Crippen LogP contribution < -0.4 is 5.32 Å². The zero-order chi connectivity index (χ0) is 20.7. The fourth-order valence-corrected chi connectivity index (χ4v) is 3.31. The van der Waals surface area contributed by atoms with Crippen molar-refractivity contribution in [2.24, 2.45) is 12.5 Å². The van der Waals surface area contributed by atoms with E-state index in [1.165, 1.54) is 0 Å². The van der Waals surface area contributed by atoms with Crippen molar-refractivity contribution < 1.29 is 4.79 Å². The molecular formula is C22H31N5O. The number of benzene rings is 1. The highest BCUT2D eigenvalue weighted by Crippen LogP contribution is 2.31. The number of imidazole rings is 2. The summed E-state index contributed by atoms with van der Waals surface area (Å²) in [5, 5.41) is 3.38. The van der Waals surface area contributed by atoms with Gasteiger partial charge < -0.3 is 14.9 Å². The van der Waals surface area contributed by atoms with Crippen LogP contribution in [-0.4, -0.2) is 30.8 Å². The fourth-order valence-electron chi connectivity index (χ4n) is 3.31. The van der Waals surface area contributed by atoms with Crippen molar-refractivity contribution in [2.45, 2.75) is 59.9 Å². The smallest absolute Gasteiger partial charge is 0.178 e. The minimum Gasteiger partial charge on any atom is -0.364 e. The van der Waals surface area contributed by atoms with E-state index >= 15 is 0 Å². The van der Waals surface area contributed by atoms with Gasteiger partial charge in [0.2, 0.25) is 0 Å². The number of nitrogens with zero attached hydrogens (tertiary/aromatic N) is 3. The van der Waals surface area contributed by atoms with E-state index < -0.39 is 0 Å². The molecule has 0 unspecified atom stereocenters. The predicted molar refractivity (Wildman–Crippen MR) is 115 cm³/mol. The van der Waals surface area contributed by atoms with Crippen LogP contribution in [0, 0.1) is 5.41 Å². The van der Waals surface area contributed by atoms with E-state index in [-0.39, 0.29) is 16.7 Å². The maximum absolute atomic E-state index is 13.0. The first-order valence-electron chi connectivity index (χ1n) is 9.93. The number of aryl methyl sites for hydroxylation is 1. The minimum atomic E-state index is -0.330. The van der Waals surface area contributed by atoms with E-state index in [2.05, 4.69) is 54.9 Å². The van der Waals surface area contributed by atoms with Crippen LogP contribution in [0.15, 0.2) is 24.4 Å². The van der Waals surface area contributed by atoms with Crippen LogP contribution in [0.1, 0.15) is 64.7 Å². The Bertz CT molecular complexity index is 1000. The van der Waals surface area contributed by atoms with Crippen LogP contribution in [0.25, 0.3) is 22.7 Å². The van der Waals surface area contributed by atoms with Crippen LogP contribution in [0.5, 0.6) is 0 Å². The summed E-state index contributed by atoms with van der Waals surface area (Å²) in [5.74, 6) is 2.44. The topological polar surface area (TPSA) is 75.6 Å². The van der Waals surface area contributed by atoms with Crippen LogP contribution >= 0.6 is 0 Å². The summed E-state index contributed by atoms with van der Waals surface area (Å²) in [6.45, 7) is 12.5. The number of hydrogen-bond acceptors (Lipinski definition) is 4. The number of nitrogens with one attached hydrogen (secondary N) is 2. The first-order chi connectivity index (χ1) is 13.1. The van der Waals surface area contributed by atoms with Gasteiger partial charge in [0.25, 0.3) is 0 Å². The molecule has 6 nitrogen and oxygen atoms in total. The normalized spacial score (nSPS) is 12.5. The second-order valence-corrected chi connectivity index (χ2v) is 8.85. The predicted octanol–water partition coefficient (Wildman–Crippen LogP) is 5.18. The van der Waals surface area contributed by atoms with Gasteiger partial charge in [0.1, 0.15) is 5.82 Å². The van der Waals surface area contributed by atoms with Gasteiger partial charge in [-0.15, -0.1) is 0 Å². The van der Waals surface area contributed by atoms with Gasteiger partial charge in [-0.05, 0) is 51.8 Å². The van der Waals surface area contributed by atoms with Gasteiger partial charge in [0, 0.05) is 29.8 Å². The second-order valence-electron chi connectivity index (χ2n) is 8.85. The standard InChI is InChI=1S/C22H31N5O/c1-8-22(6,9-2)18(28)14-10-11-15-16(12-14)24-19(23-15)20-25-17(13-27(20)7)26-21(3,4)5/h10-13,26H,8-9H2,1-7H3,(H,23,24). The van der Waals surface area contributed by atoms with Gasteiger partial charge in [0.05, 0.1) is 11.0 Å². The third kappa shape index (κ3) is 3.81. The molecular weight excluding hydrogens is 350 g/mol. The molecule has 150 valence electrons. The molecule has 0 atom stereocenters. The molecule has 0 saturated heterocycles. The van der Waals surface area contributed by atoms with E-state index in [1.54, 1.807) is 0 Å². The third-order valence-corrected chi connectivity index (χ3v) is 5.44. The number of rotatable bonds is 6. The second kappa shape index (κ2) is 7.08. The van der Waals surface area contributed by atoms with Crippen molar-refractivity contribution in [3.05, 3.63) is 30.0 Å². The lowest BCUT2D eigenvalue weighted by molar-refractivity contribution is 0.0803. The molecule has 0 bridgehead atoms. The van der Waals surface area contributed by atoms with E-state index in [1.807, 2.05) is 42.9 Å². The summed E-state index contributed by atoms with van der Waals surface area (Å²) < 4.78 is 1.95. The average molecular weight is 382 g/mol. The molecule has 2 aromatic heterocycles. The maximum Gasteiger partial charge on any atom is 0.178 e. The summed E-state index contributed by atoms with van der Waals surface area (Å²) in [7, 11) is 1.95. The molecule has 3 aromatic rings. The molecule has 0 radical (unpaired) electrons. The van der Waals surface area contributed by atoms with Crippen molar-refractivity contribution in [3.63, 3.8) is 0 Å². The van der Waals surface area contributed by atoms with E-state index in [4.69, 9.17) is 0 Å². The van der Waals surface area contributed by atoms with Gasteiger partial charge in [-0.2, -0.15) is 0 Å². The summed E-state index contributed by atoms with van der Waals surface area (Å²) in [6.07, 6.45) is 3.60. The minimum absolute atomic E-state index is 0.0695. The largest absolute Gasteiger partial charge is 0.364 e. The van der Waals surface area contributed by atoms with Crippen molar-refractivity contribution in [1.82, 2.24) is 19.5 Å². The Balaban J connectivity index is 1.97. The van der Waals surface area contributed by atoms with Crippen molar-refractivity contribution in [3.8, 4) is 11.6 Å². The Kier molecular flexibility index (Phi) is 5.08. The Morgan fingerprint density at radius 3 is 2.43 bits per heavy atom. The quantitative estimate of drug-likeness (QED) is 0.577. The molecule has 6 heteroatoms. The van der Waals surface area contributed by atoms with E-state index in [0.29, 0.717) is 5.82 Å².